The Morgan fingerprint density at radius 2 is 1.75 bits per heavy atom. The zero-order chi connectivity index (χ0) is 11.4. The molecule has 1 aromatic rings. The Morgan fingerprint density at radius 1 is 1.12 bits per heavy atom. The first-order chi connectivity index (χ1) is 7.75. The fourth-order valence-electron chi connectivity index (χ4n) is 2.02. The first-order valence-corrected chi connectivity index (χ1v) is 6.29. The summed E-state index contributed by atoms with van der Waals surface area (Å²) < 4.78 is 0. The second kappa shape index (κ2) is 5.67. The molecule has 0 amide bonds. The quantitative estimate of drug-likeness (QED) is 0.746. The molecule has 1 atom stereocenters. The van der Waals surface area contributed by atoms with E-state index in [-0.39, 0.29) is 5.38 Å². The van der Waals surface area contributed by atoms with E-state index in [1.807, 2.05) is 6.07 Å². The molecule has 0 aromatic heterocycles. The largest absolute Gasteiger partial charge is 0.304 e. The maximum absolute atomic E-state index is 6.42. The Bertz CT molecular complexity index is 307. The van der Waals surface area contributed by atoms with E-state index in [1.165, 1.54) is 5.56 Å². The number of hydrogen-bond acceptors (Lipinski definition) is 2. The van der Waals surface area contributed by atoms with E-state index in [0.717, 1.165) is 32.7 Å². The third-order valence-corrected chi connectivity index (χ3v) is 3.57. The van der Waals surface area contributed by atoms with Gasteiger partial charge in [0, 0.05) is 32.7 Å². The molecule has 0 spiro atoms. The zero-order valence-corrected chi connectivity index (χ0v) is 10.5. The van der Waals surface area contributed by atoms with Crippen molar-refractivity contribution >= 4 is 11.6 Å². The topological polar surface area (TPSA) is 6.48 Å². The van der Waals surface area contributed by atoms with Crippen molar-refractivity contribution in [3.63, 3.8) is 0 Å². The second-order valence-electron chi connectivity index (χ2n) is 4.48. The highest BCUT2D eigenvalue weighted by Gasteiger charge is 2.17. The van der Waals surface area contributed by atoms with Crippen LogP contribution in [0, 0.1) is 0 Å². The van der Waals surface area contributed by atoms with Crippen molar-refractivity contribution in [2.45, 2.75) is 5.38 Å². The standard InChI is InChI=1S/C13H19ClN2/c1-15-7-9-16(10-8-15)11-13(14)12-5-3-2-4-6-12/h2-6,13H,7-11H2,1H3/t13-/m1/s1. The number of likely N-dealkylation sites (N-methyl/N-ethyl adjacent to an activating group) is 1. The molecule has 0 aliphatic carbocycles. The van der Waals surface area contributed by atoms with Crippen LogP contribution in [0.1, 0.15) is 10.9 Å². The summed E-state index contributed by atoms with van der Waals surface area (Å²) in [7, 11) is 2.17. The molecular weight excluding hydrogens is 220 g/mol. The smallest absolute Gasteiger partial charge is 0.0712 e. The van der Waals surface area contributed by atoms with Crippen LogP contribution >= 0.6 is 11.6 Å². The number of hydrogen-bond donors (Lipinski definition) is 0. The molecule has 0 unspecified atom stereocenters. The van der Waals surface area contributed by atoms with Crippen LogP contribution in [0.3, 0.4) is 0 Å². The van der Waals surface area contributed by atoms with E-state index in [1.54, 1.807) is 0 Å². The average molecular weight is 239 g/mol. The molecule has 88 valence electrons. The molecule has 1 aliphatic rings. The zero-order valence-electron chi connectivity index (χ0n) is 9.77. The Morgan fingerprint density at radius 3 is 2.38 bits per heavy atom. The summed E-state index contributed by atoms with van der Waals surface area (Å²) in [5, 5.41) is 0.115. The molecule has 1 saturated heterocycles. The summed E-state index contributed by atoms with van der Waals surface area (Å²) in [4.78, 5) is 4.81. The summed E-state index contributed by atoms with van der Waals surface area (Å²) in [6.07, 6.45) is 0. The summed E-state index contributed by atoms with van der Waals surface area (Å²) in [5.74, 6) is 0. The maximum Gasteiger partial charge on any atom is 0.0712 e. The predicted molar refractivity (Wildman–Crippen MR) is 69.0 cm³/mol. The van der Waals surface area contributed by atoms with Crippen molar-refractivity contribution in [2.75, 3.05) is 39.8 Å². The van der Waals surface area contributed by atoms with Gasteiger partial charge in [0.2, 0.25) is 0 Å². The second-order valence-corrected chi connectivity index (χ2v) is 5.01. The van der Waals surface area contributed by atoms with Gasteiger partial charge in [0.25, 0.3) is 0 Å². The molecule has 0 saturated carbocycles. The van der Waals surface area contributed by atoms with Gasteiger partial charge in [-0.25, -0.2) is 0 Å². The first-order valence-electron chi connectivity index (χ1n) is 5.85. The Balaban J connectivity index is 1.86. The lowest BCUT2D eigenvalue weighted by molar-refractivity contribution is 0.154. The Hall–Kier alpha value is -0.570. The molecule has 16 heavy (non-hydrogen) atoms. The van der Waals surface area contributed by atoms with Crippen molar-refractivity contribution in [3.05, 3.63) is 35.9 Å². The molecule has 1 aliphatic heterocycles. The lowest BCUT2D eigenvalue weighted by atomic mass is 10.1. The van der Waals surface area contributed by atoms with E-state index >= 15 is 0 Å². The van der Waals surface area contributed by atoms with Crippen molar-refractivity contribution in [3.8, 4) is 0 Å². The minimum absolute atomic E-state index is 0.115. The number of nitrogens with zero attached hydrogens (tertiary/aromatic N) is 2. The normalized spacial score (nSPS) is 20.9. The van der Waals surface area contributed by atoms with Crippen molar-refractivity contribution < 1.29 is 0 Å². The number of benzene rings is 1. The van der Waals surface area contributed by atoms with Gasteiger partial charge in [-0.1, -0.05) is 30.3 Å². The minimum Gasteiger partial charge on any atom is -0.304 e. The van der Waals surface area contributed by atoms with Gasteiger partial charge in [0.1, 0.15) is 0 Å². The first kappa shape index (κ1) is 11.9. The van der Waals surface area contributed by atoms with Gasteiger partial charge in [0.15, 0.2) is 0 Å². The highest BCUT2D eigenvalue weighted by atomic mass is 35.5. The average Bonchev–Trinajstić information content (AvgIpc) is 2.33. The lowest BCUT2D eigenvalue weighted by Gasteiger charge is -2.33. The monoisotopic (exact) mass is 238 g/mol. The molecule has 0 radical (unpaired) electrons. The van der Waals surface area contributed by atoms with Gasteiger partial charge in [-0.15, -0.1) is 11.6 Å². The highest BCUT2D eigenvalue weighted by molar-refractivity contribution is 6.21. The van der Waals surface area contributed by atoms with Crippen LogP contribution in [0.4, 0.5) is 0 Å². The number of piperazine rings is 1. The van der Waals surface area contributed by atoms with Crippen LogP contribution in [0.2, 0.25) is 0 Å². The SMILES string of the molecule is CN1CCN(C[C@@H](Cl)c2ccccc2)CC1. The predicted octanol–water partition coefficient (Wildman–Crippen LogP) is 2.21. The minimum atomic E-state index is 0.115. The summed E-state index contributed by atoms with van der Waals surface area (Å²) in [6, 6.07) is 10.3. The van der Waals surface area contributed by atoms with E-state index in [4.69, 9.17) is 11.6 Å². The van der Waals surface area contributed by atoms with Gasteiger partial charge in [-0.3, -0.25) is 4.90 Å². The van der Waals surface area contributed by atoms with Gasteiger partial charge in [-0.2, -0.15) is 0 Å². The molecule has 2 nitrogen and oxygen atoms in total. The van der Waals surface area contributed by atoms with Crippen molar-refractivity contribution in [1.29, 1.82) is 0 Å². The van der Waals surface area contributed by atoms with Crippen molar-refractivity contribution in [1.82, 2.24) is 9.80 Å². The van der Waals surface area contributed by atoms with Crippen LogP contribution in [0.25, 0.3) is 0 Å². The summed E-state index contributed by atoms with van der Waals surface area (Å²) in [5.41, 5.74) is 1.23. The fourth-order valence-corrected chi connectivity index (χ4v) is 2.37. The molecule has 1 aromatic carbocycles. The van der Waals surface area contributed by atoms with E-state index < -0.39 is 0 Å². The van der Waals surface area contributed by atoms with Gasteiger partial charge in [-0.05, 0) is 12.6 Å². The van der Waals surface area contributed by atoms with Gasteiger partial charge >= 0.3 is 0 Å². The van der Waals surface area contributed by atoms with Gasteiger partial charge < -0.3 is 4.90 Å². The van der Waals surface area contributed by atoms with E-state index in [9.17, 15) is 0 Å². The fraction of sp³-hybridized carbons (Fsp3) is 0.538. The van der Waals surface area contributed by atoms with Crippen LogP contribution in [-0.2, 0) is 0 Å². The lowest BCUT2D eigenvalue weighted by Crippen LogP contribution is -2.45. The molecular formula is C13H19ClN2. The third kappa shape index (κ3) is 3.21. The summed E-state index contributed by atoms with van der Waals surface area (Å²) >= 11 is 6.42. The van der Waals surface area contributed by atoms with Crippen LogP contribution in [0.15, 0.2) is 30.3 Å². The van der Waals surface area contributed by atoms with E-state index in [0.29, 0.717) is 0 Å². The number of rotatable bonds is 3. The molecule has 3 heteroatoms. The molecule has 1 fully saturated rings. The third-order valence-electron chi connectivity index (χ3n) is 3.18. The Labute approximate surface area is 103 Å². The Kier molecular flexibility index (Phi) is 4.22. The van der Waals surface area contributed by atoms with Crippen LogP contribution < -0.4 is 0 Å². The summed E-state index contributed by atoms with van der Waals surface area (Å²) in [6.45, 7) is 5.52. The molecule has 0 bridgehead atoms. The highest BCUT2D eigenvalue weighted by Crippen LogP contribution is 2.21. The van der Waals surface area contributed by atoms with Crippen LogP contribution in [-0.4, -0.2) is 49.6 Å². The van der Waals surface area contributed by atoms with Crippen molar-refractivity contribution in [2.24, 2.45) is 0 Å². The molecule has 2 rings (SSSR count). The molecule has 0 N–H and O–H groups in total. The number of halogens is 1. The number of alkyl halides is 1. The molecule has 1 heterocycles. The van der Waals surface area contributed by atoms with Crippen LogP contribution in [0.5, 0.6) is 0 Å². The van der Waals surface area contributed by atoms with E-state index in [2.05, 4.69) is 41.1 Å². The van der Waals surface area contributed by atoms with Gasteiger partial charge in [0.05, 0.1) is 5.38 Å². The maximum atomic E-state index is 6.42.